The third-order valence-electron chi connectivity index (χ3n) is 3.12. The lowest BCUT2D eigenvalue weighted by atomic mass is 9.98. The Morgan fingerprint density at radius 1 is 1.65 bits per heavy atom. The predicted octanol–water partition coefficient (Wildman–Crippen LogP) is 1.77. The SMILES string of the molecule is CNC(C#N)(CSc1nccc(C)n1)C1CC1. The lowest BCUT2D eigenvalue weighted by Crippen LogP contribution is -2.46. The van der Waals surface area contributed by atoms with E-state index in [4.69, 9.17) is 0 Å². The molecule has 1 heterocycles. The van der Waals surface area contributed by atoms with E-state index in [1.165, 1.54) is 0 Å². The quantitative estimate of drug-likeness (QED) is 0.635. The Labute approximate surface area is 106 Å². The number of rotatable bonds is 5. The molecule has 90 valence electrons. The molecule has 0 aromatic carbocycles. The molecule has 1 saturated carbocycles. The molecular weight excluding hydrogens is 232 g/mol. The van der Waals surface area contributed by atoms with Crippen molar-refractivity contribution in [2.24, 2.45) is 5.92 Å². The van der Waals surface area contributed by atoms with E-state index in [0.29, 0.717) is 11.7 Å². The van der Waals surface area contributed by atoms with Crippen molar-refractivity contribution in [2.45, 2.75) is 30.5 Å². The van der Waals surface area contributed by atoms with Gasteiger partial charge in [0.25, 0.3) is 0 Å². The number of nitriles is 1. The van der Waals surface area contributed by atoms with Crippen LogP contribution in [-0.4, -0.2) is 28.3 Å². The monoisotopic (exact) mass is 248 g/mol. The first-order valence-corrected chi connectivity index (χ1v) is 6.71. The molecule has 0 spiro atoms. The summed E-state index contributed by atoms with van der Waals surface area (Å²) in [6, 6.07) is 4.30. The second-order valence-corrected chi connectivity index (χ2v) is 5.32. The molecule has 1 aliphatic carbocycles. The first kappa shape index (κ1) is 12.3. The molecule has 2 rings (SSSR count). The Kier molecular flexibility index (Phi) is 3.65. The highest BCUT2D eigenvalue weighted by molar-refractivity contribution is 7.99. The van der Waals surface area contributed by atoms with E-state index in [9.17, 15) is 5.26 Å². The molecular formula is C12H16N4S. The van der Waals surface area contributed by atoms with Crippen LogP contribution in [0.5, 0.6) is 0 Å². The van der Waals surface area contributed by atoms with Crippen molar-refractivity contribution in [2.75, 3.05) is 12.8 Å². The van der Waals surface area contributed by atoms with Gasteiger partial charge in [-0.05, 0) is 38.8 Å². The Balaban J connectivity index is 2.03. The second-order valence-electron chi connectivity index (χ2n) is 4.38. The largest absolute Gasteiger partial charge is 0.302 e. The van der Waals surface area contributed by atoms with Crippen molar-refractivity contribution in [1.82, 2.24) is 15.3 Å². The fourth-order valence-electron chi connectivity index (χ4n) is 1.82. The van der Waals surface area contributed by atoms with Gasteiger partial charge in [-0.15, -0.1) is 0 Å². The van der Waals surface area contributed by atoms with Crippen molar-refractivity contribution in [1.29, 1.82) is 5.26 Å². The van der Waals surface area contributed by atoms with E-state index < -0.39 is 5.54 Å². The Morgan fingerprint density at radius 2 is 2.41 bits per heavy atom. The topological polar surface area (TPSA) is 61.6 Å². The van der Waals surface area contributed by atoms with Crippen LogP contribution in [0, 0.1) is 24.2 Å². The van der Waals surface area contributed by atoms with Crippen LogP contribution < -0.4 is 5.32 Å². The normalized spacial score (nSPS) is 18.4. The minimum Gasteiger partial charge on any atom is -0.302 e. The number of nitrogens with one attached hydrogen (secondary N) is 1. The predicted molar refractivity (Wildman–Crippen MR) is 67.6 cm³/mol. The fraction of sp³-hybridized carbons (Fsp3) is 0.583. The molecule has 17 heavy (non-hydrogen) atoms. The Hall–Kier alpha value is -1.12. The van der Waals surface area contributed by atoms with Gasteiger partial charge in [0.15, 0.2) is 5.16 Å². The molecule has 0 bridgehead atoms. The maximum absolute atomic E-state index is 9.35. The smallest absolute Gasteiger partial charge is 0.187 e. The number of thioether (sulfide) groups is 1. The van der Waals surface area contributed by atoms with E-state index in [0.717, 1.165) is 23.7 Å². The summed E-state index contributed by atoms with van der Waals surface area (Å²) in [5.41, 5.74) is 0.540. The fourth-order valence-corrected chi connectivity index (χ4v) is 2.97. The van der Waals surface area contributed by atoms with Gasteiger partial charge >= 0.3 is 0 Å². The van der Waals surface area contributed by atoms with Crippen LogP contribution in [0.2, 0.25) is 0 Å². The van der Waals surface area contributed by atoms with Crippen LogP contribution in [0.15, 0.2) is 17.4 Å². The van der Waals surface area contributed by atoms with E-state index in [1.54, 1.807) is 18.0 Å². The third kappa shape index (κ3) is 2.76. The van der Waals surface area contributed by atoms with Gasteiger partial charge in [0.05, 0.1) is 6.07 Å². The lowest BCUT2D eigenvalue weighted by Gasteiger charge is -2.25. The average Bonchev–Trinajstić information content (AvgIpc) is 3.16. The van der Waals surface area contributed by atoms with Crippen molar-refractivity contribution >= 4 is 11.8 Å². The van der Waals surface area contributed by atoms with Gasteiger partial charge in [0.1, 0.15) is 5.54 Å². The molecule has 1 atom stereocenters. The van der Waals surface area contributed by atoms with Crippen molar-refractivity contribution in [3.63, 3.8) is 0 Å². The highest BCUT2D eigenvalue weighted by Gasteiger charge is 2.44. The highest BCUT2D eigenvalue weighted by atomic mass is 32.2. The third-order valence-corrected chi connectivity index (χ3v) is 4.18. The summed E-state index contributed by atoms with van der Waals surface area (Å²) in [7, 11) is 1.86. The average molecular weight is 248 g/mol. The molecule has 0 amide bonds. The van der Waals surface area contributed by atoms with Crippen LogP contribution in [-0.2, 0) is 0 Å². The first-order valence-electron chi connectivity index (χ1n) is 5.73. The van der Waals surface area contributed by atoms with Gasteiger partial charge in [0.2, 0.25) is 0 Å². The first-order chi connectivity index (χ1) is 8.20. The van der Waals surface area contributed by atoms with E-state index in [1.807, 2.05) is 20.0 Å². The zero-order chi connectivity index (χ0) is 12.3. The van der Waals surface area contributed by atoms with Crippen molar-refractivity contribution in [3.05, 3.63) is 18.0 Å². The summed E-state index contributed by atoms with van der Waals surface area (Å²) in [5, 5.41) is 13.3. The van der Waals surface area contributed by atoms with Crippen LogP contribution in [0.25, 0.3) is 0 Å². The summed E-state index contributed by atoms with van der Waals surface area (Å²) >= 11 is 1.55. The van der Waals surface area contributed by atoms with Crippen molar-refractivity contribution < 1.29 is 0 Å². The molecule has 0 aliphatic heterocycles. The highest BCUT2D eigenvalue weighted by Crippen LogP contribution is 2.41. The zero-order valence-electron chi connectivity index (χ0n) is 10.1. The standard InChI is InChI=1S/C12H16N4S/c1-9-5-6-15-11(16-9)17-8-12(7-13,14-2)10-3-4-10/h5-6,10,14H,3-4,8H2,1-2H3. The summed E-state index contributed by atoms with van der Waals surface area (Å²) in [5.74, 6) is 1.18. The molecule has 1 N–H and O–H groups in total. The number of hydrogen-bond acceptors (Lipinski definition) is 5. The summed E-state index contributed by atoms with van der Waals surface area (Å²) in [6.07, 6.45) is 4.04. The minimum absolute atomic E-state index is 0.419. The van der Waals surface area contributed by atoms with Gasteiger partial charge < -0.3 is 5.32 Å². The maximum atomic E-state index is 9.35. The van der Waals surface area contributed by atoms with E-state index in [-0.39, 0.29) is 0 Å². The summed E-state index contributed by atoms with van der Waals surface area (Å²) in [4.78, 5) is 8.54. The molecule has 5 heteroatoms. The van der Waals surface area contributed by atoms with Crippen molar-refractivity contribution in [3.8, 4) is 6.07 Å². The van der Waals surface area contributed by atoms with Gasteiger partial charge in [-0.25, -0.2) is 9.97 Å². The lowest BCUT2D eigenvalue weighted by molar-refractivity contribution is 0.441. The van der Waals surface area contributed by atoms with E-state index in [2.05, 4.69) is 21.4 Å². The molecule has 1 unspecified atom stereocenters. The summed E-state index contributed by atoms with van der Waals surface area (Å²) < 4.78 is 0. The Bertz CT molecular complexity index is 438. The Morgan fingerprint density at radius 3 is 2.94 bits per heavy atom. The molecule has 1 aromatic rings. The van der Waals surface area contributed by atoms with Gasteiger partial charge in [0, 0.05) is 17.6 Å². The number of aryl methyl sites for hydroxylation is 1. The number of aromatic nitrogens is 2. The molecule has 1 aromatic heterocycles. The van der Waals surface area contributed by atoms with E-state index >= 15 is 0 Å². The van der Waals surface area contributed by atoms with Gasteiger partial charge in [-0.1, -0.05) is 11.8 Å². The van der Waals surface area contributed by atoms with Crippen LogP contribution in [0.1, 0.15) is 18.5 Å². The van der Waals surface area contributed by atoms with Crippen LogP contribution in [0.4, 0.5) is 0 Å². The second kappa shape index (κ2) is 5.03. The molecule has 0 radical (unpaired) electrons. The number of hydrogen-bond donors (Lipinski definition) is 1. The molecule has 4 nitrogen and oxygen atoms in total. The number of nitrogens with zero attached hydrogens (tertiary/aromatic N) is 3. The maximum Gasteiger partial charge on any atom is 0.187 e. The zero-order valence-corrected chi connectivity index (χ0v) is 10.9. The van der Waals surface area contributed by atoms with Gasteiger partial charge in [-0.2, -0.15) is 5.26 Å². The summed E-state index contributed by atoms with van der Waals surface area (Å²) in [6.45, 7) is 1.95. The van der Waals surface area contributed by atoms with Crippen LogP contribution >= 0.6 is 11.8 Å². The minimum atomic E-state index is -0.419. The molecule has 1 aliphatic rings. The van der Waals surface area contributed by atoms with Crippen LogP contribution in [0.3, 0.4) is 0 Å². The molecule has 1 fully saturated rings. The molecule has 0 saturated heterocycles. The van der Waals surface area contributed by atoms with Gasteiger partial charge in [-0.3, -0.25) is 0 Å².